The van der Waals surface area contributed by atoms with Crippen LogP contribution in [-0.4, -0.2) is 9.13 Å². The quantitative estimate of drug-likeness (QED) is 0.205. The Balaban J connectivity index is 1.15. The molecule has 0 atom stereocenters. The van der Waals surface area contributed by atoms with Crippen molar-refractivity contribution in [1.82, 2.24) is 9.13 Å². The molecular weight excluding hydrogens is 548 g/mol. The third kappa shape index (κ3) is 3.46. The van der Waals surface area contributed by atoms with E-state index < -0.39 is 0 Å². The third-order valence-corrected chi connectivity index (χ3v) is 9.29. The second-order valence-electron chi connectivity index (χ2n) is 11.8. The molecular formula is C42H26N2O. The lowest BCUT2D eigenvalue weighted by Crippen LogP contribution is -2.06. The predicted molar refractivity (Wildman–Crippen MR) is 186 cm³/mol. The van der Waals surface area contributed by atoms with Crippen LogP contribution in [0.2, 0.25) is 0 Å². The summed E-state index contributed by atoms with van der Waals surface area (Å²) in [7, 11) is 0. The van der Waals surface area contributed by atoms with E-state index >= 15 is 0 Å². The SMILES string of the molecule is c1cc(-c2cccc(-n3c4ccccc4c4ccccc43)c2)cc(-c2cccc3c2-n2c4ccccc4c4cccc(c42)O3)c1. The van der Waals surface area contributed by atoms with Gasteiger partial charge in [0.1, 0.15) is 0 Å². The summed E-state index contributed by atoms with van der Waals surface area (Å²) in [6.07, 6.45) is 0. The van der Waals surface area contributed by atoms with Crippen molar-refractivity contribution in [3.8, 4) is 45.1 Å². The van der Waals surface area contributed by atoms with E-state index in [4.69, 9.17) is 4.74 Å². The second-order valence-corrected chi connectivity index (χ2v) is 11.8. The fourth-order valence-electron chi connectivity index (χ4n) is 7.38. The molecule has 0 unspecified atom stereocenters. The van der Waals surface area contributed by atoms with Gasteiger partial charge in [0, 0.05) is 32.8 Å². The van der Waals surface area contributed by atoms with Gasteiger partial charge < -0.3 is 13.9 Å². The maximum absolute atomic E-state index is 6.56. The molecule has 0 N–H and O–H groups in total. The van der Waals surface area contributed by atoms with Gasteiger partial charge in [-0.1, -0.05) is 109 Å². The summed E-state index contributed by atoms with van der Waals surface area (Å²) in [6.45, 7) is 0. The van der Waals surface area contributed by atoms with Gasteiger partial charge >= 0.3 is 0 Å². The number of hydrogen-bond donors (Lipinski definition) is 0. The third-order valence-electron chi connectivity index (χ3n) is 9.29. The summed E-state index contributed by atoms with van der Waals surface area (Å²) in [5.41, 5.74) is 11.6. The Hall–Kier alpha value is -6.06. The largest absolute Gasteiger partial charge is 0.453 e. The molecule has 1 aliphatic heterocycles. The van der Waals surface area contributed by atoms with Crippen molar-refractivity contribution in [1.29, 1.82) is 0 Å². The van der Waals surface area contributed by atoms with Crippen LogP contribution in [0.25, 0.3) is 77.2 Å². The van der Waals surface area contributed by atoms with Gasteiger partial charge in [-0.15, -0.1) is 0 Å². The first-order valence-corrected chi connectivity index (χ1v) is 15.4. The summed E-state index contributed by atoms with van der Waals surface area (Å²) >= 11 is 0. The molecule has 0 amide bonds. The van der Waals surface area contributed by atoms with Crippen LogP contribution in [-0.2, 0) is 0 Å². The first-order valence-electron chi connectivity index (χ1n) is 15.4. The first kappa shape index (κ1) is 24.4. The van der Waals surface area contributed by atoms with Crippen LogP contribution in [0.3, 0.4) is 0 Å². The lowest BCUT2D eigenvalue weighted by atomic mass is 9.97. The molecule has 3 nitrogen and oxygen atoms in total. The van der Waals surface area contributed by atoms with Crippen LogP contribution in [0.1, 0.15) is 0 Å². The fourth-order valence-corrected chi connectivity index (χ4v) is 7.38. The van der Waals surface area contributed by atoms with Crippen molar-refractivity contribution in [2.24, 2.45) is 0 Å². The zero-order valence-corrected chi connectivity index (χ0v) is 24.3. The van der Waals surface area contributed by atoms with Crippen molar-refractivity contribution in [2.75, 3.05) is 0 Å². The van der Waals surface area contributed by atoms with Crippen molar-refractivity contribution < 1.29 is 4.74 Å². The lowest BCUT2D eigenvalue weighted by Gasteiger charge is -2.24. The highest BCUT2D eigenvalue weighted by molar-refractivity contribution is 6.13. The van der Waals surface area contributed by atoms with Gasteiger partial charge in [-0.05, 0) is 65.2 Å². The van der Waals surface area contributed by atoms with Crippen molar-refractivity contribution >= 4 is 43.6 Å². The molecule has 0 saturated carbocycles. The van der Waals surface area contributed by atoms with Crippen LogP contribution in [0.4, 0.5) is 0 Å². The molecule has 2 aromatic heterocycles. The Labute approximate surface area is 259 Å². The minimum Gasteiger partial charge on any atom is -0.453 e. The second kappa shape index (κ2) is 9.22. The fraction of sp³-hybridized carbons (Fsp3) is 0. The van der Waals surface area contributed by atoms with Gasteiger partial charge in [-0.25, -0.2) is 0 Å². The molecule has 10 rings (SSSR count). The molecule has 9 aromatic rings. The Morgan fingerprint density at radius 3 is 1.67 bits per heavy atom. The topological polar surface area (TPSA) is 19.1 Å². The summed E-state index contributed by atoms with van der Waals surface area (Å²) in [5, 5.41) is 4.98. The van der Waals surface area contributed by atoms with Gasteiger partial charge in [0.2, 0.25) is 0 Å². The van der Waals surface area contributed by atoms with Crippen molar-refractivity contribution in [3.05, 3.63) is 158 Å². The number of fused-ring (bicyclic) bond motifs is 8. The van der Waals surface area contributed by atoms with Gasteiger partial charge in [-0.2, -0.15) is 0 Å². The van der Waals surface area contributed by atoms with Gasteiger partial charge in [0.25, 0.3) is 0 Å². The molecule has 210 valence electrons. The average Bonchev–Trinajstić information content (AvgIpc) is 3.63. The van der Waals surface area contributed by atoms with E-state index in [0.717, 1.165) is 39.5 Å². The Morgan fingerprint density at radius 2 is 0.911 bits per heavy atom. The van der Waals surface area contributed by atoms with Crippen LogP contribution in [0.5, 0.6) is 11.5 Å². The van der Waals surface area contributed by atoms with Gasteiger partial charge in [0.05, 0.1) is 27.8 Å². The highest BCUT2D eigenvalue weighted by atomic mass is 16.5. The summed E-state index contributed by atoms with van der Waals surface area (Å²) in [5.74, 6) is 1.76. The smallest absolute Gasteiger partial charge is 0.152 e. The molecule has 0 radical (unpaired) electrons. The molecule has 0 saturated heterocycles. The number of rotatable bonds is 3. The zero-order valence-electron chi connectivity index (χ0n) is 24.3. The Bertz CT molecular complexity index is 2580. The molecule has 1 aliphatic rings. The van der Waals surface area contributed by atoms with Crippen LogP contribution in [0, 0.1) is 0 Å². The van der Waals surface area contributed by atoms with E-state index in [2.05, 4.69) is 167 Å². The normalized spacial score (nSPS) is 12.2. The van der Waals surface area contributed by atoms with Crippen molar-refractivity contribution in [3.63, 3.8) is 0 Å². The molecule has 0 fully saturated rings. The van der Waals surface area contributed by atoms with Gasteiger partial charge in [-0.3, -0.25) is 0 Å². The van der Waals surface area contributed by atoms with E-state index in [1.54, 1.807) is 0 Å². The average molecular weight is 575 g/mol. The number of hydrogen-bond acceptors (Lipinski definition) is 1. The Kier molecular flexibility index (Phi) is 5.00. The summed E-state index contributed by atoms with van der Waals surface area (Å²) < 4.78 is 11.3. The van der Waals surface area contributed by atoms with E-state index in [1.807, 2.05) is 0 Å². The molecule has 0 bridgehead atoms. The highest BCUT2D eigenvalue weighted by Gasteiger charge is 2.26. The van der Waals surface area contributed by atoms with E-state index in [0.29, 0.717) is 0 Å². The number of para-hydroxylation sites is 5. The lowest BCUT2D eigenvalue weighted by molar-refractivity contribution is 0.477. The number of ether oxygens (including phenoxy) is 1. The van der Waals surface area contributed by atoms with E-state index in [9.17, 15) is 0 Å². The maximum Gasteiger partial charge on any atom is 0.152 e. The molecule has 0 aliphatic carbocycles. The van der Waals surface area contributed by atoms with E-state index in [-0.39, 0.29) is 0 Å². The molecule has 0 spiro atoms. The highest BCUT2D eigenvalue weighted by Crippen LogP contribution is 2.48. The predicted octanol–water partition coefficient (Wildman–Crippen LogP) is 11.3. The Morgan fingerprint density at radius 1 is 0.378 bits per heavy atom. The molecule has 7 aromatic carbocycles. The number of nitrogens with zero attached hydrogens (tertiary/aromatic N) is 2. The van der Waals surface area contributed by atoms with Crippen LogP contribution in [0.15, 0.2) is 158 Å². The first-order chi connectivity index (χ1) is 22.3. The molecule has 3 heteroatoms. The summed E-state index contributed by atoms with van der Waals surface area (Å²) in [6, 6.07) is 56.5. The van der Waals surface area contributed by atoms with Crippen LogP contribution >= 0.6 is 0 Å². The molecule has 3 heterocycles. The van der Waals surface area contributed by atoms with Crippen molar-refractivity contribution in [2.45, 2.75) is 0 Å². The number of aromatic nitrogens is 2. The minimum absolute atomic E-state index is 0.868. The summed E-state index contributed by atoms with van der Waals surface area (Å²) in [4.78, 5) is 0. The minimum atomic E-state index is 0.868. The monoisotopic (exact) mass is 574 g/mol. The standard InChI is InChI=1S/C42H26N2O/c1-4-20-36-32(15-1)33-16-2-5-21-37(33)43(36)30-14-8-12-28(26-30)27-11-7-13-29(25-27)31-18-9-23-39-41(31)44-38-22-6-3-17-34(38)35-19-10-24-40(45-39)42(35)44/h1-26H. The maximum atomic E-state index is 6.56. The van der Waals surface area contributed by atoms with E-state index in [1.165, 1.54) is 49.2 Å². The zero-order chi connectivity index (χ0) is 29.5. The molecule has 45 heavy (non-hydrogen) atoms. The number of benzene rings is 7. The van der Waals surface area contributed by atoms with Crippen LogP contribution < -0.4 is 4.74 Å². The van der Waals surface area contributed by atoms with Gasteiger partial charge in [0.15, 0.2) is 11.5 Å².